The van der Waals surface area contributed by atoms with Crippen LogP contribution in [0.5, 0.6) is 5.75 Å². The number of aromatic nitrogens is 2. The van der Waals surface area contributed by atoms with Gasteiger partial charge in [0.05, 0.1) is 18.8 Å². The minimum Gasteiger partial charge on any atom is -0.483 e. The van der Waals surface area contributed by atoms with Gasteiger partial charge in [-0.2, -0.15) is 0 Å². The molecule has 0 saturated carbocycles. The van der Waals surface area contributed by atoms with E-state index in [0.717, 1.165) is 44.1 Å². The molecule has 1 aliphatic rings. The van der Waals surface area contributed by atoms with E-state index >= 15 is 0 Å². The van der Waals surface area contributed by atoms with Crippen molar-refractivity contribution in [1.29, 1.82) is 0 Å². The number of carbonyl (C=O) groups excluding carboxylic acids is 1. The van der Waals surface area contributed by atoms with E-state index in [-0.39, 0.29) is 12.5 Å². The van der Waals surface area contributed by atoms with Gasteiger partial charge in [-0.05, 0) is 42.0 Å². The van der Waals surface area contributed by atoms with Crippen LogP contribution < -0.4 is 10.1 Å². The largest absolute Gasteiger partial charge is 0.483 e. The predicted octanol–water partition coefficient (Wildman–Crippen LogP) is 4.25. The summed E-state index contributed by atoms with van der Waals surface area (Å²) in [4.78, 5) is 14.9. The van der Waals surface area contributed by atoms with Crippen molar-refractivity contribution in [3.8, 4) is 28.7 Å². The van der Waals surface area contributed by atoms with Gasteiger partial charge in [-0.25, -0.2) is 0 Å². The van der Waals surface area contributed by atoms with E-state index in [1.54, 1.807) is 6.07 Å². The van der Waals surface area contributed by atoms with Crippen molar-refractivity contribution >= 4 is 11.6 Å². The molecule has 1 fully saturated rings. The summed E-state index contributed by atoms with van der Waals surface area (Å²) < 4.78 is 17.1. The van der Waals surface area contributed by atoms with Gasteiger partial charge in [0.25, 0.3) is 11.8 Å². The maximum Gasteiger partial charge on any atom is 0.262 e. The first-order chi connectivity index (χ1) is 17.2. The number of rotatable bonds is 8. The highest BCUT2D eigenvalue weighted by molar-refractivity contribution is 5.92. The third-order valence-corrected chi connectivity index (χ3v) is 5.67. The monoisotopic (exact) mass is 470 g/mol. The molecule has 1 N–H and O–H groups in total. The summed E-state index contributed by atoms with van der Waals surface area (Å²) in [5.41, 5.74) is 3.38. The van der Waals surface area contributed by atoms with Crippen LogP contribution >= 0.6 is 0 Å². The lowest BCUT2D eigenvalue weighted by molar-refractivity contribution is -0.118. The van der Waals surface area contributed by atoms with Crippen LogP contribution in [0, 0.1) is 0 Å². The average Bonchev–Trinajstić information content (AvgIpc) is 3.40. The molecular formula is C27H26N4O4. The fraction of sp³-hybridized carbons (Fsp3) is 0.222. The van der Waals surface area contributed by atoms with Gasteiger partial charge in [0.15, 0.2) is 6.61 Å². The number of nitrogens with one attached hydrogen (secondary N) is 1. The summed E-state index contributed by atoms with van der Waals surface area (Å²) in [6.07, 6.45) is 0. The van der Waals surface area contributed by atoms with Crippen molar-refractivity contribution in [1.82, 2.24) is 15.1 Å². The van der Waals surface area contributed by atoms with Gasteiger partial charge in [0, 0.05) is 30.9 Å². The van der Waals surface area contributed by atoms with E-state index in [1.807, 2.05) is 72.8 Å². The van der Waals surface area contributed by atoms with Crippen molar-refractivity contribution in [2.75, 3.05) is 38.2 Å². The van der Waals surface area contributed by atoms with Gasteiger partial charge >= 0.3 is 0 Å². The van der Waals surface area contributed by atoms with Crippen LogP contribution in [0.25, 0.3) is 22.9 Å². The van der Waals surface area contributed by atoms with E-state index in [1.165, 1.54) is 5.56 Å². The summed E-state index contributed by atoms with van der Waals surface area (Å²) in [5.74, 6) is 0.990. The minimum atomic E-state index is -0.253. The van der Waals surface area contributed by atoms with E-state index in [9.17, 15) is 4.79 Å². The number of amides is 1. The van der Waals surface area contributed by atoms with Crippen LogP contribution in [0.2, 0.25) is 0 Å². The molecule has 2 heterocycles. The van der Waals surface area contributed by atoms with Crippen LogP contribution in [0.1, 0.15) is 5.56 Å². The Morgan fingerprint density at radius 3 is 2.40 bits per heavy atom. The number of para-hydroxylation sites is 1. The number of anilines is 1. The molecule has 1 aliphatic heterocycles. The number of carbonyl (C=O) groups is 1. The van der Waals surface area contributed by atoms with E-state index in [2.05, 4.69) is 20.4 Å². The topological polar surface area (TPSA) is 89.7 Å². The summed E-state index contributed by atoms with van der Waals surface area (Å²) in [5, 5.41) is 11.2. The fourth-order valence-corrected chi connectivity index (χ4v) is 3.85. The van der Waals surface area contributed by atoms with E-state index in [0.29, 0.717) is 23.1 Å². The van der Waals surface area contributed by atoms with Gasteiger partial charge in [-0.15, -0.1) is 10.2 Å². The Balaban J connectivity index is 1.18. The Labute approximate surface area is 203 Å². The lowest BCUT2D eigenvalue weighted by Gasteiger charge is -2.26. The lowest BCUT2D eigenvalue weighted by atomic mass is 10.2. The van der Waals surface area contributed by atoms with Gasteiger partial charge in [0.2, 0.25) is 5.89 Å². The molecule has 0 atom stereocenters. The summed E-state index contributed by atoms with van der Waals surface area (Å²) in [6.45, 7) is 4.16. The number of hydrogen-bond donors (Lipinski definition) is 1. The second-order valence-electron chi connectivity index (χ2n) is 8.20. The van der Waals surface area contributed by atoms with Crippen LogP contribution in [0.4, 0.5) is 5.69 Å². The van der Waals surface area contributed by atoms with Crippen molar-refractivity contribution in [2.45, 2.75) is 6.54 Å². The highest BCUT2D eigenvalue weighted by Gasteiger charge is 2.16. The second kappa shape index (κ2) is 10.9. The Bertz CT molecular complexity index is 1250. The number of hydrogen-bond acceptors (Lipinski definition) is 7. The molecule has 0 unspecified atom stereocenters. The van der Waals surface area contributed by atoms with Crippen molar-refractivity contribution < 1.29 is 18.7 Å². The zero-order valence-electron chi connectivity index (χ0n) is 19.2. The fourth-order valence-electron chi connectivity index (χ4n) is 3.85. The number of morpholine rings is 1. The minimum absolute atomic E-state index is 0.147. The molecule has 4 aromatic rings. The molecule has 1 saturated heterocycles. The van der Waals surface area contributed by atoms with Crippen LogP contribution in [-0.2, 0) is 16.1 Å². The quantitative estimate of drug-likeness (QED) is 0.412. The van der Waals surface area contributed by atoms with Gasteiger partial charge < -0.3 is 19.2 Å². The van der Waals surface area contributed by atoms with Gasteiger partial charge in [-0.1, -0.05) is 42.5 Å². The molecule has 1 amide bonds. The normalized spacial score (nSPS) is 13.9. The summed E-state index contributed by atoms with van der Waals surface area (Å²) in [6, 6.07) is 24.7. The first-order valence-corrected chi connectivity index (χ1v) is 11.5. The number of nitrogens with zero attached hydrogens (tertiary/aromatic N) is 3. The highest BCUT2D eigenvalue weighted by atomic mass is 16.5. The molecular weight excluding hydrogens is 444 g/mol. The zero-order chi connectivity index (χ0) is 23.9. The molecule has 0 radical (unpaired) electrons. The third kappa shape index (κ3) is 5.92. The second-order valence-corrected chi connectivity index (χ2v) is 8.20. The van der Waals surface area contributed by atoms with Crippen molar-refractivity contribution in [2.24, 2.45) is 0 Å². The molecule has 35 heavy (non-hydrogen) atoms. The zero-order valence-corrected chi connectivity index (χ0v) is 19.2. The van der Waals surface area contributed by atoms with Crippen molar-refractivity contribution in [3.05, 3.63) is 84.4 Å². The molecule has 178 valence electrons. The van der Waals surface area contributed by atoms with Gasteiger partial charge in [-0.3, -0.25) is 9.69 Å². The average molecular weight is 471 g/mol. The molecule has 3 aromatic carbocycles. The maximum absolute atomic E-state index is 12.5. The Kier molecular flexibility index (Phi) is 7.12. The van der Waals surface area contributed by atoms with Crippen LogP contribution in [-0.4, -0.2) is 53.9 Å². The molecule has 1 aromatic heterocycles. The third-order valence-electron chi connectivity index (χ3n) is 5.67. The maximum atomic E-state index is 12.5. The van der Waals surface area contributed by atoms with Crippen LogP contribution in [0.3, 0.4) is 0 Å². The number of benzene rings is 3. The standard InChI is InChI=1S/C27H26N4O4/c32-25(28-22-12-10-20(11-13-22)18-31-14-16-33-17-15-31)19-34-24-9-5-4-8-23(24)27-30-29-26(35-27)21-6-2-1-3-7-21/h1-13H,14-19H2,(H,28,32). The molecule has 0 spiro atoms. The highest BCUT2D eigenvalue weighted by Crippen LogP contribution is 2.31. The van der Waals surface area contributed by atoms with E-state index < -0.39 is 0 Å². The molecule has 0 bridgehead atoms. The Morgan fingerprint density at radius 2 is 1.60 bits per heavy atom. The van der Waals surface area contributed by atoms with Crippen LogP contribution in [0.15, 0.2) is 83.3 Å². The summed E-state index contributed by atoms with van der Waals surface area (Å²) in [7, 11) is 0. The van der Waals surface area contributed by atoms with Gasteiger partial charge in [0.1, 0.15) is 5.75 Å². The molecule has 5 rings (SSSR count). The van der Waals surface area contributed by atoms with E-state index in [4.69, 9.17) is 13.9 Å². The van der Waals surface area contributed by atoms with Crippen molar-refractivity contribution in [3.63, 3.8) is 0 Å². The first kappa shape index (κ1) is 22.8. The molecule has 8 nitrogen and oxygen atoms in total. The Morgan fingerprint density at radius 1 is 0.886 bits per heavy atom. The SMILES string of the molecule is O=C(COc1ccccc1-c1nnc(-c2ccccc2)o1)Nc1ccc(CN2CCOCC2)cc1. The summed E-state index contributed by atoms with van der Waals surface area (Å²) >= 11 is 0. The Hall–Kier alpha value is -4.01. The molecule has 0 aliphatic carbocycles. The first-order valence-electron chi connectivity index (χ1n) is 11.5. The predicted molar refractivity (Wildman–Crippen MR) is 132 cm³/mol. The lowest BCUT2D eigenvalue weighted by Crippen LogP contribution is -2.35. The smallest absolute Gasteiger partial charge is 0.262 e. The number of ether oxygens (including phenoxy) is 2. The molecule has 8 heteroatoms.